The fourth-order valence-corrected chi connectivity index (χ4v) is 2.72. The Balaban J connectivity index is 1.86. The van der Waals surface area contributed by atoms with E-state index in [0.717, 1.165) is 16.9 Å². The highest BCUT2D eigenvalue weighted by molar-refractivity contribution is 5.35. The van der Waals surface area contributed by atoms with E-state index in [9.17, 15) is 10.2 Å². The highest BCUT2D eigenvalue weighted by atomic mass is 16.5. The Bertz CT molecular complexity index is 616. The molecule has 0 saturated carbocycles. The molecule has 0 amide bonds. The number of nitrogens with zero attached hydrogens (tertiary/aromatic N) is 1. The van der Waals surface area contributed by atoms with E-state index in [-0.39, 0.29) is 13.2 Å². The van der Waals surface area contributed by atoms with Gasteiger partial charge in [0.05, 0.1) is 6.61 Å². The summed E-state index contributed by atoms with van der Waals surface area (Å²) in [5.41, 5.74) is 3.42. The quantitative estimate of drug-likeness (QED) is 0.742. The number of aliphatic hydroxyl groups excluding tert-OH is 2. The van der Waals surface area contributed by atoms with Crippen LogP contribution in [0.4, 0.5) is 0 Å². The van der Waals surface area contributed by atoms with Crippen LogP contribution in [-0.4, -0.2) is 47.5 Å². The van der Waals surface area contributed by atoms with E-state index < -0.39 is 6.10 Å². The lowest BCUT2D eigenvalue weighted by Crippen LogP contribution is -2.37. The van der Waals surface area contributed by atoms with E-state index in [2.05, 4.69) is 6.07 Å². The number of aliphatic hydroxyl groups is 2. The number of benzene rings is 2. The molecule has 0 radical (unpaired) electrons. The SMILES string of the molecule is Cc1ccc(OCC(O)CN(CCO)Cc2ccccc2)c(C)c1. The minimum atomic E-state index is -0.610. The zero-order valence-electron chi connectivity index (χ0n) is 14.5. The van der Waals surface area contributed by atoms with Crippen molar-refractivity contribution in [3.63, 3.8) is 0 Å². The Morgan fingerprint density at radius 3 is 2.50 bits per heavy atom. The average Bonchev–Trinajstić information content (AvgIpc) is 2.55. The van der Waals surface area contributed by atoms with E-state index in [0.29, 0.717) is 19.6 Å². The van der Waals surface area contributed by atoms with Crippen molar-refractivity contribution in [2.24, 2.45) is 0 Å². The number of hydrogen-bond donors (Lipinski definition) is 2. The van der Waals surface area contributed by atoms with Gasteiger partial charge in [-0.1, -0.05) is 48.0 Å². The average molecular weight is 329 g/mol. The fraction of sp³-hybridized carbons (Fsp3) is 0.400. The molecule has 0 aliphatic heterocycles. The first kappa shape index (κ1) is 18.5. The maximum Gasteiger partial charge on any atom is 0.122 e. The van der Waals surface area contributed by atoms with Gasteiger partial charge in [-0.25, -0.2) is 0 Å². The third kappa shape index (κ3) is 5.96. The lowest BCUT2D eigenvalue weighted by Gasteiger charge is -2.24. The lowest BCUT2D eigenvalue weighted by atomic mass is 10.1. The maximum atomic E-state index is 10.3. The number of ether oxygens (including phenoxy) is 1. The smallest absolute Gasteiger partial charge is 0.122 e. The second-order valence-corrected chi connectivity index (χ2v) is 6.18. The molecule has 2 aromatic carbocycles. The molecule has 0 fully saturated rings. The summed E-state index contributed by atoms with van der Waals surface area (Å²) in [6.45, 7) is 6.03. The van der Waals surface area contributed by atoms with Crippen LogP contribution >= 0.6 is 0 Å². The first-order chi connectivity index (χ1) is 11.6. The van der Waals surface area contributed by atoms with Gasteiger partial charge in [0.15, 0.2) is 0 Å². The van der Waals surface area contributed by atoms with E-state index in [4.69, 9.17) is 4.74 Å². The Hall–Kier alpha value is -1.88. The molecule has 1 atom stereocenters. The van der Waals surface area contributed by atoms with Crippen molar-refractivity contribution in [2.75, 3.05) is 26.3 Å². The minimum Gasteiger partial charge on any atom is -0.491 e. The van der Waals surface area contributed by atoms with Crippen LogP contribution in [0.15, 0.2) is 48.5 Å². The van der Waals surface area contributed by atoms with Crippen molar-refractivity contribution in [1.29, 1.82) is 0 Å². The summed E-state index contributed by atoms with van der Waals surface area (Å²) in [5.74, 6) is 0.802. The normalized spacial score (nSPS) is 12.4. The molecule has 0 spiro atoms. The molecule has 0 heterocycles. The van der Waals surface area contributed by atoms with E-state index >= 15 is 0 Å². The fourth-order valence-electron chi connectivity index (χ4n) is 2.72. The van der Waals surface area contributed by atoms with Crippen LogP contribution in [0, 0.1) is 13.8 Å². The van der Waals surface area contributed by atoms with Gasteiger partial charge in [0.1, 0.15) is 18.5 Å². The van der Waals surface area contributed by atoms with Gasteiger partial charge in [0, 0.05) is 19.6 Å². The molecule has 4 nitrogen and oxygen atoms in total. The standard InChI is InChI=1S/C20H27NO3/c1-16-8-9-20(17(2)12-16)24-15-19(23)14-21(10-11-22)13-18-6-4-3-5-7-18/h3-9,12,19,22-23H,10-11,13-15H2,1-2H3. The summed E-state index contributed by atoms with van der Waals surface area (Å²) in [6, 6.07) is 16.1. The van der Waals surface area contributed by atoms with E-state index in [1.807, 2.05) is 61.2 Å². The molecular formula is C20H27NO3. The molecule has 130 valence electrons. The van der Waals surface area contributed by atoms with Crippen molar-refractivity contribution in [1.82, 2.24) is 4.90 Å². The Morgan fingerprint density at radius 2 is 1.83 bits per heavy atom. The van der Waals surface area contributed by atoms with Gasteiger partial charge in [-0.05, 0) is 31.0 Å². The van der Waals surface area contributed by atoms with Crippen molar-refractivity contribution in [3.05, 3.63) is 65.2 Å². The van der Waals surface area contributed by atoms with Gasteiger partial charge in [0.25, 0.3) is 0 Å². The summed E-state index contributed by atoms with van der Waals surface area (Å²) in [4.78, 5) is 2.03. The summed E-state index contributed by atoms with van der Waals surface area (Å²) in [5, 5.41) is 19.5. The second-order valence-electron chi connectivity index (χ2n) is 6.18. The Morgan fingerprint density at radius 1 is 1.08 bits per heavy atom. The number of rotatable bonds is 9. The first-order valence-corrected chi connectivity index (χ1v) is 8.33. The van der Waals surface area contributed by atoms with Crippen LogP contribution in [-0.2, 0) is 6.54 Å². The highest BCUT2D eigenvalue weighted by Gasteiger charge is 2.13. The Labute approximate surface area is 144 Å². The summed E-state index contributed by atoms with van der Waals surface area (Å²) in [7, 11) is 0. The van der Waals surface area contributed by atoms with Crippen LogP contribution in [0.1, 0.15) is 16.7 Å². The number of hydrogen-bond acceptors (Lipinski definition) is 4. The van der Waals surface area contributed by atoms with Crippen LogP contribution in [0.5, 0.6) is 5.75 Å². The van der Waals surface area contributed by atoms with Crippen LogP contribution in [0.3, 0.4) is 0 Å². The first-order valence-electron chi connectivity index (χ1n) is 8.33. The zero-order chi connectivity index (χ0) is 17.4. The van der Waals surface area contributed by atoms with E-state index in [1.165, 1.54) is 5.56 Å². The van der Waals surface area contributed by atoms with Gasteiger partial charge < -0.3 is 14.9 Å². The molecule has 1 unspecified atom stereocenters. The van der Waals surface area contributed by atoms with Crippen LogP contribution < -0.4 is 4.74 Å². The van der Waals surface area contributed by atoms with Gasteiger partial charge >= 0.3 is 0 Å². The molecule has 0 aliphatic rings. The maximum absolute atomic E-state index is 10.3. The Kier molecular flexibility index (Phi) is 7.25. The third-order valence-electron chi connectivity index (χ3n) is 3.90. The van der Waals surface area contributed by atoms with Crippen molar-refractivity contribution >= 4 is 0 Å². The van der Waals surface area contributed by atoms with Crippen molar-refractivity contribution < 1.29 is 14.9 Å². The van der Waals surface area contributed by atoms with Gasteiger partial charge in [-0.3, -0.25) is 4.90 Å². The van der Waals surface area contributed by atoms with Gasteiger partial charge in [-0.15, -0.1) is 0 Å². The second kappa shape index (κ2) is 9.42. The zero-order valence-corrected chi connectivity index (χ0v) is 14.5. The molecule has 24 heavy (non-hydrogen) atoms. The molecule has 0 saturated heterocycles. The summed E-state index contributed by atoms with van der Waals surface area (Å²) < 4.78 is 5.74. The van der Waals surface area contributed by atoms with Crippen LogP contribution in [0.2, 0.25) is 0 Å². The molecule has 0 bridgehead atoms. The summed E-state index contributed by atoms with van der Waals surface area (Å²) in [6.07, 6.45) is -0.610. The largest absolute Gasteiger partial charge is 0.491 e. The molecular weight excluding hydrogens is 302 g/mol. The third-order valence-corrected chi connectivity index (χ3v) is 3.90. The summed E-state index contributed by atoms with van der Waals surface area (Å²) >= 11 is 0. The molecule has 4 heteroatoms. The number of aryl methyl sites for hydroxylation is 2. The molecule has 2 rings (SSSR count). The predicted octanol–water partition coefficient (Wildman–Crippen LogP) is 2.54. The molecule has 2 aromatic rings. The topological polar surface area (TPSA) is 52.9 Å². The highest BCUT2D eigenvalue weighted by Crippen LogP contribution is 2.19. The molecule has 0 aliphatic carbocycles. The predicted molar refractivity (Wildman–Crippen MR) is 96.2 cm³/mol. The van der Waals surface area contributed by atoms with Gasteiger partial charge in [0.2, 0.25) is 0 Å². The van der Waals surface area contributed by atoms with Gasteiger partial charge in [-0.2, -0.15) is 0 Å². The van der Waals surface area contributed by atoms with Crippen LogP contribution in [0.25, 0.3) is 0 Å². The van der Waals surface area contributed by atoms with Crippen molar-refractivity contribution in [2.45, 2.75) is 26.5 Å². The minimum absolute atomic E-state index is 0.0669. The molecule has 0 aromatic heterocycles. The van der Waals surface area contributed by atoms with E-state index in [1.54, 1.807) is 0 Å². The monoisotopic (exact) mass is 329 g/mol. The molecule has 2 N–H and O–H groups in total. The lowest BCUT2D eigenvalue weighted by molar-refractivity contribution is 0.0588. The van der Waals surface area contributed by atoms with Crippen molar-refractivity contribution in [3.8, 4) is 5.75 Å².